The van der Waals surface area contributed by atoms with E-state index in [0.29, 0.717) is 13.0 Å². The fourth-order valence-electron chi connectivity index (χ4n) is 3.43. The van der Waals surface area contributed by atoms with Crippen molar-refractivity contribution < 1.29 is 22.3 Å². The van der Waals surface area contributed by atoms with Crippen LogP contribution in [0.25, 0.3) is 0 Å². The minimum atomic E-state index is -3.80. The van der Waals surface area contributed by atoms with E-state index in [1.54, 1.807) is 12.1 Å². The molecule has 3 rings (SSSR count). The third kappa shape index (κ3) is 5.55. The van der Waals surface area contributed by atoms with E-state index in [1.165, 1.54) is 37.4 Å². The number of nitrogens with one attached hydrogen (secondary N) is 2. The Morgan fingerprint density at radius 2 is 1.83 bits per heavy atom. The Balaban J connectivity index is 1.69. The highest BCUT2D eigenvalue weighted by Gasteiger charge is 2.26. The SMILES string of the molecule is COc1ccc(C(=O)NCCc2ccc(F)cc2)cc1S(=O)(=O)NC1CCCC1. The van der Waals surface area contributed by atoms with Gasteiger partial charge in [0.25, 0.3) is 5.91 Å². The van der Waals surface area contributed by atoms with Gasteiger partial charge in [0.2, 0.25) is 10.0 Å². The predicted octanol–water partition coefficient (Wildman–Crippen LogP) is 3.03. The van der Waals surface area contributed by atoms with Crippen LogP contribution in [-0.2, 0) is 16.4 Å². The van der Waals surface area contributed by atoms with Crippen LogP contribution in [0.1, 0.15) is 41.6 Å². The van der Waals surface area contributed by atoms with Gasteiger partial charge in [-0.25, -0.2) is 17.5 Å². The molecular weight excluding hydrogens is 395 g/mol. The molecule has 6 nitrogen and oxygen atoms in total. The molecule has 0 radical (unpaired) electrons. The first-order chi connectivity index (χ1) is 13.9. The topological polar surface area (TPSA) is 84.5 Å². The fraction of sp³-hybridized carbons (Fsp3) is 0.381. The van der Waals surface area contributed by atoms with E-state index in [-0.39, 0.29) is 34.0 Å². The summed E-state index contributed by atoms with van der Waals surface area (Å²) >= 11 is 0. The van der Waals surface area contributed by atoms with Crippen LogP contribution in [0.2, 0.25) is 0 Å². The van der Waals surface area contributed by atoms with Crippen molar-refractivity contribution in [1.29, 1.82) is 0 Å². The maximum Gasteiger partial charge on any atom is 0.251 e. The lowest BCUT2D eigenvalue weighted by atomic mass is 10.1. The first kappa shape index (κ1) is 21.3. The normalized spacial score (nSPS) is 14.7. The zero-order chi connectivity index (χ0) is 20.9. The van der Waals surface area contributed by atoms with Crippen LogP contribution >= 0.6 is 0 Å². The van der Waals surface area contributed by atoms with Gasteiger partial charge in [0, 0.05) is 18.2 Å². The van der Waals surface area contributed by atoms with Crippen molar-refractivity contribution in [2.45, 2.75) is 43.0 Å². The van der Waals surface area contributed by atoms with E-state index in [4.69, 9.17) is 4.74 Å². The third-order valence-corrected chi connectivity index (χ3v) is 6.55. The summed E-state index contributed by atoms with van der Waals surface area (Å²) in [4.78, 5) is 12.4. The van der Waals surface area contributed by atoms with Gasteiger partial charge in [-0.2, -0.15) is 0 Å². The number of hydrogen-bond acceptors (Lipinski definition) is 4. The molecule has 0 aromatic heterocycles. The summed E-state index contributed by atoms with van der Waals surface area (Å²) in [5, 5.41) is 2.76. The monoisotopic (exact) mass is 420 g/mol. The number of benzene rings is 2. The first-order valence-corrected chi connectivity index (χ1v) is 11.1. The number of sulfonamides is 1. The summed E-state index contributed by atoms with van der Waals surface area (Å²) in [7, 11) is -2.41. The summed E-state index contributed by atoms with van der Waals surface area (Å²) < 4.78 is 46.5. The molecule has 1 aliphatic carbocycles. The molecule has 0 heterocycles. The van der Waals surface area contributed by atoms with Gasteiger partial charge >= 0.3 is 0 Å². The summed E-state index contributed by atoms with van der Waals surface area (Å²) in [5.41, 5.74) is 1.13. The highest BCUT2D eigenvalue weighted by Crippen LogP contribution is 2.27. The Labute approximate surface area is 170 Å². The number of hydrogen-bond donors (Lipinski definition) is 2. The van der Waals surface area contributed by atoms with Crippen molar-refractivity contribution in [3.63, 3.8) is 0 Å². The van der Waals surface area contributed by atoms with Crippen LogP contribution in [-0.4, -0.2) is 34.0 Å². The fourth-order valence-corrected chi connectivity index (χ4v) is 4.93. The number of rotatable bonds is 8. The second kappa shape index (κ2) is 9.37. The number of amides is 1. The standard InChI is InChI=1S/C21H25FN2O4S/c1-28-19-11-8-16(14-20(19)29(26,27)24-18-4-2-3-5-18)21(25)23-13-12-15-6-9-17(22)10-7-15/h6-11,14,18,24H,2-5,12-13H2,1H3,(H,23,25). The molecule has 1 aliphatic rings. The maximum atomic E-state index is 12.9. The van der Waals surface area contributed by atoms with Gasteiger partial charge in [0.05, 0.1) is 7.11 Å². The minimum absolute atomic E-state index is 0.0434. The summed E-state index contributed by atoms with van der Waals surface area (Å²) in [5.74, 6) is -0.499. The molecule has 2 aromatic rings. The zero-order valence-electron chi connectivity index (χ0n) is 16.3. The predicted molar refractivity (Wildman–Crippen MR) is 108 cm³/mol. The molecular formula is C21H25FN2O4S. The van der Waals surface area contributed by atoms with Crippen LogP contribution in [0.3, 0.4) is 0 Å². The molecule has 1 fully saturated rings. The quantitative estimate of drug-likeness (QED) is 0.688. The number of ether oxygens (including phenoxy) is 1. The van der Waals surface area contributed by atoms with Crippen LogP contribution in [0, 0.1) is 5.82 Å². The van der Waals surface area contributed by atoms with Gasteiger partial charge in [-0.15, -0.1) is 0 Å². The molecule has 0 saturated heterocycles. The Morgan fingerprint density at radius 3 is 2.48 bits per heavy atom. The van der Waals surface area contributed by atoms with Crippen LogP contribution in [0.4, 0.5) is 4.39 Å². The molecule has 1 saturated carbocycles. The largest absolute Gasteiger partial charge is 0.495 e. The van der Waals surface area contributed by atoms with Gasteiger partial charge in [-0.1, -0.05) is 25.0 Å². The molecule has 0 atom stereocenters. The lowest BCUT2D eigenvalue weighted by Crippen LogP contribution is -2.33. The minimum Gasteiger partial charge on any atom is -0.495 e. The van der Waals surface area contributed by atoms with E-state index in [0.717, 1.165) is 31.2 Å². The zero-order valence-corrected chi connectivity index (χ0v) is 17.1. The Hall–Kier alpha value is -2.45. The number of carbonyl (C=O) groups is 1. The average Bonchev–Trinajstić information content (AvgIpc) is 3.21. The molecule has 0 unspecified atom stereocenters. The van der Waals surface area contributed by atoms with Crippen molar-refractivity contribution in [3.8, 4) is 5.75 Å². The lowest BCUT2D eigenvalue weighted by Gasteiger charge is -2.16. The third-order valence-electron chi connectivity index (χ3n) is 5.00. The van der Waals surface area contributed by atoms with Crippen molar-refractivity contribution >= 4 is 15.9 Å². The molecule has 0 aliphatic heterocycles. The van der Waals surface area contributed by atoms with Gasteiger partial charge in [0.15, 0.2) is 0 Å². The Kier molecular flexibility index (Phi) is 6.87. The molecule has 2 N–H and O–H groups in total. The molecule has 2 aromatic carbocycles. The number of methoxy groups -OCH3 is 1. The number of carbonyl (C=O) groups excluding carboxylic acids is 1. The smallest absolute Gasteiger partial charge is 0.251 e. The van der Waals surface area contributed by atoms with Gasteiger partial charge in [0.1, 0.15) is 16.5 Å². The van der Waals surface area contributed by atoms with Crippen LogP contribution < -0.4 is 14.8 Å². The molecule has 8 heteroatoms. The maximum absolute atomic E-state index is 12.9. The summed E-state index contributed by atoms with van der Waals surface area (Å²) in [6.07, 6.45) is 4.16. The van der Waals surface area contributed by atoms with Gasteiger partial charge in [-0.05, 0) is 55.2 Å². The Morgan fingerprint density at radius 1 is 1.14 bits per heavy atom. The molecule has 29 heavy (non-hydrogen) atoms. The van der Waals surface area contributed by atoms with Crippen molar-refractivity contribution in [1.82, 2.24) is 10.0 Å². The number of halogens is 1. The Bertz CT molecular complexity index is 955. The van der Waals surface area contributed by atoms with Crippen LogP contribution in [0.5, 0.6) is 5.75 Å². The average molecular weight is 421 g/mol. The first-order valence-electron chi connectivity index (χ1n) is 9.62. The molecule has 0 bridgehead atoms. The van der Waals surface area contributed by atoms with Gasteiger partial charge < -0.3 is 10.1 Å². The summed E-state index contributed by atoms with van der Waals surface area (Å²) in [6.45, 7) is 0.346. The molecule has 156 valence electrons. The van der Waals surface area contributed by atoms with E-state index in [1.807, 2.05) is 0 Å². The highest BCUT2D eigenvalue weighted by atomic mass is 32.2. The van der Waals surface area contributed by atoms with Crippen molar-refractivity contribution in [3.05, 3.63) is 59.4 Å². The van der Waals surface area contributed by atoms with Gasteiger partial charge in [-0.3, -0.25) is 4.79 Å². The second-order valence-corrected chi connectivity index (χ2v) is 8.78. The lowest BCUT2D eigenvalue weighted by molar-refractivity contribution is 0.0954. The van der Waals surface area contributed by atoms with Crippen molar-refractivity contribution in [2.75, 3.05) is 13.7 Å². The van der Waals surface area contributed by atoms with E-state index < -0.39 is 10.0 Å². The molecule has 0 spiro atoms. The van der Waals surface area contributed by atoms with E-state index >= 15 is 0 Å². The van der Waals surface area contributed by atoms with E-state index in [9.17, 15) is 17.6 Å². The van der Waals surface area contributed by atoms with Crippen LogP contribution in [0.15, 0.2) is 47.4 Å². The van der Waals surface area contributed by atoms with E-state index in [2.05, 4.69) is 10.0 Å². The summed E-state index contributed by atoms with van der Waals surface area (Å²) in [6, 6.07) is 10.3. The van der Waals surface area contributed by atoms with Crippen molar-refractivity contribution in [2.24, 2.45) is 0 Å². The second-order valence-electron chi connectivity index (χ2n) is 7.10. The molecule has 1 amide bonds. The highest BCUT2D eigenvalue weighted by molar-refractivity contribution is 7.89.